The van der Waals surface area contributed by atoms with Crippen LogP contribution in [0, 0.1) is 17.3 Å². The molecule has 4 heteroatoms. The highest BCUT2D eigenvalue weighted by molar-refractivity contribution is 5.60. The van der Waals surface area contributed by atoms with Crippen molar-refractivity contribution < 1.29 is 19.7 Å². The lowest BCUT2D eigenvalue weighted by Crippen LogP contribution is -2.44. The first-order chi connectivity index (χ1) is 11.5. The zero-order valence-electron chi connectivity index (χ0n) is 14.8. The fraction of sp³-hybridized carbons (Fsp3) is 0.700. The molecule has 1 aromatic rings. The molecule has 0 aliphatic heterocycles. The lowest BCUT2D eigenvalue weighted by Gasteiger charge is -2.50. The van der Waals surface area contributed by atoms with Crippen LogP contribution in [0.1, 0.15) is 56.1 Å². The summed E-state index contributed by atoms with van der Waals surface area (Å²) in [6.07, 6.45) is 6.16. The zero-order chi connectivity index (χ0) is 17.1. The van der Waals surface area contributed by atoms with Crippen molar-refractivity contribution in [3.8, 4) is 17.2 Å². The third-order valence-corrected chi connectivity index (χ3v) is 7.30. The van der Waals surface area contributed by atoms with E-state index >= 15 is 0 Å². The van der Waals surface area contributed by atoms with Gasteiger partial charge in [-0.3, -0.25) is 0 Å². The smallest absolute Gasteiger partial charge is 0.201 e. The van der Waals surface area contributed by atoms with Gasteiger partial charge in [-0.25, -0.2) is 0 Å². The Morgan fingerprint density at radius 2 is 1.92 bits per heavy atom. The maximum atomic E-state index is 10.5. The van der Waals surface area contributed by atoms with Gasteiger partial charge < -0.3 is 19.7 Å². The van der Waals surface area contributed by atoms with Gasteiger partial charge in [0.25, 0.3) is 0 Å². The van der Waals surface area contributed by atoms with Crippen molar-refractivity contribution in [3.63, 3.8) is 0 Å². The van der Waals surface area contributed by atoms with Crippen LogP contribution in [0.5, 0.6) is 17.2 Å². The van der Waals surface area contributed by atoms with Crippen molar-refractivity contribution in [2.24, 2.45) is 17.3 Å². The van der Waals surface area contributed by atoms with Crippen LogP contribution in [-0.2, 0) is 6.42 Å². The molecule has 4 nitrogen and oxygen atoms in total. The molecule has 0 bridgehead atoms. The van der Waals surface area contributed by atoms with Gasteiger partial charge in [0.2, 0.25) is 5.75 Å². The average molecular weight is 332 g/mol. The molecule has 24 heavy (non-hydrogen) atoms. The average Bonchev–Trinajstić information content (AvgIpc) is 2.89. The standard InChI is InChI=1S/C20H28O4/c1-20-9-8-11-12(15(20)6-7-17(20)21)4-5-13-14(11)10-16(23-2)18(22)19(13)24-3/h10-12,15,17,21-22H,4-9H2,1-3H3/t11-,12+,15-,17+,20-/m0/s1. The minimum atomic E-state index is -0.145. The second kappa shape index (κ2) is 5.55. The Hall–Kier alpha value is -1.42. The summed E-state index contributed by atoms with van der Waals surface area (Å²) in [5.41, 5.74) is 2.53. The molecule has 3 aliphatic carbocycles. The third kappa shape index (κ3) is 2.01. The number of aromatic hydroxyl groups is 1. The Morgan fingerprint density at radius 3 is 2.62 bits per heavy atom. The lowest BCUT2D eigenvalue weighted by atomic mass is 9.55. The zero-order valence-corrected chi connectivity index (χ0v) is 14.8. The predicted octanol–water partition coefficient (Wildman–Crippen LogP) is 3.63. The number of methoxy groups -OCH3 is 2. The molecule has 5 atom stereocenters. The van der Waals surface area contributed by atoms with Crippen LogP contribution in [0.3, 0.4) is 0 Å². The number of phenols is 1. The topological polar surface area (TPSA) is 58.9 Å². The van der Waals surface area contributed by atoms with E-state index < -0.39 is 0 Å². The molecule has 4 rings (SSSR count). The molecule has 3 aliphatic rings. The van der Waals surface area contributed by atoms with Crippen molar-refractivity contribution >= 4 is 0 Å². The molecule has 2 fully saturated rings. The molecule has 0 spiro atoms. The van der Waals surface area contributed by atoms with Gasteiger partial charge in [0.05, 0.1) is 20.3 Å². The SMILES string of the molecule is COc1cc2c(c(OC)c1O)CC[C@@H]1[C@@H]2CC[C@]2(C)[C@H](O)CC[C@@H]12. The molecule has 2 saturated carbocycles. The third-order valence-electron chi connectivity index (χ3n) is 7.30. The second-order valence-corrected chi connectivity index (χ2v) is 8.08. The van der Waals surface area contributed by atoms with Gasteiger partial charge in [-0.05, 0) is 73.3 Å². The van der Waals surface area contributed by atoms with E-state index in [0.29, 0.717) is 29.3 Å². The fourth-order valence-electron chi connectivity index (χ4n) is 6.01. The van der Waals surface area contributed by atoms with Crippen LogP contribution in [0.25, 0.3) is 0 Å². The normalized spacial score (nSPS) is 37.3. The van der Waals surface area contributed by atoms with Gasteiger partial charge in [0, 0.05) is 5.56 Å². The molecule has 0 unspecified atom stereocenters. The van der Waals surface area contributed by atoms with Crippen LogP contribution in [0.2, 0.25) is 0 Å². The summed E-state index contributed by atoms with van der Waals surface area (Å²) in [7, 11) is 3.21. The van der Waals surface area contributed by atoms with Crippen molar-refractivity contribution in [2.45, 2.75) is 57.5 Å². The van der Waals surface area contributed by atoms with E-state index in [1.807, 2.05) is 6.07 Å². The molecule has 132 valence electrons. The van der Waals surface area contributed by atoms with Gasteiger partial charge in [0.15, 0.2) is 11.5 Å². The minimum Gasteiger partial charge on any atom is -0.502 e. The maximum absolute atomic E-state index is 10.5. The van der Waals surface area contributed by atoms with E-state index in [1.165, 1.54) is 5.56 Å². The highest BCUT2D eigenvalue weighted by Gasteiger charge is 2.54. The van der Waals surface area contributed by atoms with E-state index in [9.17, 15) is 10.2 Å². The number of aliphatic hydroxyl groups is 1. The van der Waals surface area contributed by atoms with Gasteiger partial charge in [-0.1, -0.05) is 6.92 Å². The molecule has 0 aromatic heterocycles. The van der Waals surface area contributed by atoms with Crippen LogP contribution in [0.4, 0.5) is 0 Å². The number of hydrogen-bond donors (Lipinski definition) is 2. The first-order valence-corrected chi connectivity index (χ1v) is 9.16. The Kier molecular flexibility index (Phi) is 3.72. The molecule has 0 heterocycles. The van der Waals surface area contributed by atoms with Gasteiger partial charge in [-0.15, -0.1) is 0 Å². The summed E-state index contributed by atoms with van der Waals surface area (Å²) in [5, 5.41) is 20.9. The molecule has 0 radical (unpaired) electrons. The van der Waals surface area contributed by atoms with Crippen molar-refractivity contribution in [2.75, 3.05) is 14.2 Å². The van der Waals surface area contributed by atoms with Gasteiger partial charge in [-0.2, -0.15) is 0 Å². The Balaban J connectivity index is 1.77. The number of ether oxygens (including phenoxy) is 2. The van der Waals surface area contributed by atoms with E-state index in [4.69, 9.17) is 9.47 Å². The van der Waals surface area contributed by atoms with Crippen LogP contribution in [0.15, 0.2) is 6.07 Å². The van der Waals surface area contributed by atoms with E-state index in [0.717, 1.165) is 44.1 Å². The monoisotopic (exact) mass is 332 g/mol. The maximum Gasteiger partial charge on any atom is 0.201 e. The second-order valence-electron chi connectivity index (χ2n) is 8.08. The summed E-state index contributed by atoms with van der Waals surface area (Å²) in [6, 6.07) is 2.03. The summed E-state index contributed by atoms with van der Waals surface area (Å²) in [4.78, 5) is 0. The predicted molar refractivity (Wildman–Crippen MR) is 91.8 cm³/mol. The van der Waals surface area contributed by atoms with Gasteiger partial charge in [0.1, 0.15) is 0 Å². The lowest BCUT2D eigenvalue weighted by molar-refractivity contribution is -0.0227. The van der Waals surface area contributed by atoms with E-state index in [-0.39, 0.29) is 17.3 Å². The summed E-state index contributed by atoms with van der Waals surface area (Å²) < 4.78 is 10.9. The first kappa shape index (κ1) is 16.1. The number of hydrogen-bond acceptors (Lipinski definition) is 4. The first-order valence-electron chi connectivity index (χ1n) is 9.16. The number of aliphatic hydroxyl groups excluding tert-OH is 1. The number of fused-ring (bicyclic) bond motifs is 5. The Bertz CT molecular complexity index is 656. The summed E-state index contributed by atoms with van der Waals surface area (Å²) in [6.45, 7) is 2.29. The highest BCUT2D eigenvalue weighted by Crippen LogP contribution is 2.62. The van der Waals surface area contributed by atoms with Crippen LogP contribution >= 0.6 is 0 Å². The molecule has 0 saturated heterocycles. The van der Waals surface area contributed by atoms with Gasteiger partial charge >= 0.3 is 0 Å². The fourth-order valence-corrected chi connectivity index (χ4v) is 6.01. The highest BCUT2D eigenvalue weighted by atomic mass is 16.5. The molecule has 2 N–H and O–H groups in total. The van der Waals surface area contributed by atoms with Crippen LogP contribution in [-0.4, -0.2) is 30.5 Å². The number of phenolic OH excluding ortho intramolecular Hbond substituents is 1. The van der Waals surface area contributed by atoms with E-state index in [1.54, 1.807) is 14.2 Å². The molecular weight excluding hydrogens is 304 g/mol. The van der Waals surface area contributed by atoms with Crippen molar-refractivity contribution in [1.82, 2.24) is 0 Å². The summed E-state index contributed by atoms with van der Waals surface area (Å²) in [5.74, 6) is 2.92. The number of rotatable bonds is 2. The Labute approximate surface area is 143 Å². The minimum absolute atomic E-state index is 0.0871. The largest absolute Gasteiger partial charge is 0.502 e. The molecular formula is C20H28O4. The number of benzene rings is 1. The van der Waals surface area contributed by atoms with Crippen molar-refractivity contribution in [3.05, 3.63) is 17.2 Å². The van der Waals surface area contributed by atoms with E-state index in [2.05, 4.69) is 6.92 Å². The Morgan fingerprint density at radius 1 is 1.12 bits per heavy atom. The van der Waals surface area contributed by atoms with Crippen LogP contribution < -0.4 is 9.47 Å². The quantitative estimate of drug-likeness (QED) is 0.868. The van der Waals surface area contributed by atoms with Crippen molar-refractivity contribution in [1.29, 1.82) is 0 Å². The molecule has 0 amide bonds. The molecule has 1 aromatic carbocycles. The summed E-state index contributed by atoms with van der Waals surface area (Å²) >= 11 is 0.